The Bertz CT molecular complexity index is 557. The van der Waals surface area contributed by atoms with Gasteiger partial charge in [0.05, 0.1) is 12.3 Å². The number of rotatable bonds is 4. The summed E-state index contributed by atoms with van der Waals surface area (Å²) >= 11 is 5.93. The normalized spacial score (nSPS) is 12.5. The Morgan fingerprint density at radius 1 is 1.16 bits per heavy atom. The van der Waals surface area contributed by atoms with E-state index < -0.39 is 6.10 Å². The monoisotopic (exact) mass is 277 g/mol. The highest BCUT2D eigenvalue weighted by Crippen LogP contribution is 2.26. The van der Waals surface area contributed by atoms with E-state index in [4.69, 9.17) is 16.3 Å². The second kappa shape index (κ2) is 6.04. The summed E-state index contributed by atoms with van der Waals surface area (Å²) in [7, 11) is 0. The first kappa shape index (κ1) is 13.8. The van der Waals surface area contributed by atoms with E-state index >= 15 is 0 Å². The molecule has 0 saturated carbocycles. The molecule has 0 radical (unpaired) electrons. The van der Waals surface area contributed by atoms with Crippen molar-refractivity contribution in [1.82, 2.24) is 4.98 Å². The van der Waals surface area contributed by atoms with E-state index in [-0.39, 0.29) is 6.10 Å². The molecule has 1 unspecified atom stereocenters. The molecule has 4 heteroatoms. The van der Waals surface area contributed by atoms with Gasteiger partial charge in [-0.25, -0.2) is 0 Å². The summed E-state index contributed by atoms with van der Waals surface area (Å²) < 4.78 is 5.56. The van der Waals surface area contributed by atoms with Crippen molar-refractivity contribution in [3.63, 3.8) is 0 Å². The number of aliphatic hydroxyl groups is 1. The van der Waals surface area contributed by atoms with Crippen LogP contribution in [0, 0.1) is 0 Å². The van der Waals surface area contributed by atoms with Crippen LogP contribution in [-0.4, -0.2) is 16.2 Å². The molecule has 0 saturated heterocycles. The zero-order valence-electron chi connectivity index (χ0n) is 10.9. The zero-order valence-corrected chi connectivity index (χ0v) is 11.6. The average Bonchev–Trinajstić information content (AvgIpc) is 2.37. The van der Waals surface area contributed by atoms with Crippen molar-refractivity contribution < 1.29 is 9.84 Å². The van der Waals surface area contributed by atoms with Crippen LogP contribution in [0.15, 0.2) is 42.7 Å². The number of hydrogen-bond acceptors (Lipinski definition) is 3. The third-order valence-corrected chi connectivity index (χ3v) is 2.82. The topological polar surface area (TPSA) is 42.4 Å². The van der Waals surface area contributed by atoms with Crippen LogP contribution in [0.1, 0.15) is 31.1 Å². The summed E-state index contributed by atoms with van der Waals surface area (Å²) in [6, 6.07) is 8.93. The minimum atomic E-state index is -0.762. The number of benzene rings is 1. The number of halogens is 1. The maximum Gasteiger partial charge on any atom is 0.138 e. The molecule has 1 N–H and O–H groups in total. The molecule has 0 fully saturated rings. The van der Waals surface area contributed by atoms with Gasteiger partial charge in [0.2, 0.25) is 0 Å². The summed E-state index contributed by atoms with van der Waals surface area (Å²) in [4.78, 5) is 4.09. The highest BCUT2D eigenvalue weighted by molar-refractivity contribution is 6.30. The molecule has 0 aliphatic heterocycles. The van der Waals surface area contributed by atoms with Gasteiger partial charge in [-0.3, -0.25) is 4.98 Å². The van der Waals surface area contributed by atoms with E-state index in [9.17, 15) is 5.11 Å². The molecular weight excluding hydrogens is 262 g/mol. The molecule has 0 aliphatic rings. The van der Waals surface area contributed by atoms with Crippen LogP contribution in [0.4, 0.5) is 0 Å². The van der Waals surface area contributed by atoms with Crippen LogP contribution in [-0.2, 0) is 0 Å². The molecule has 1 aromatic heterocycles. The van der Waals surface area contributed by atoms with Gasteiger partial charge in [0.25, 0.3) is 0 Å². The van der Waals surface area contributed by atoms with E-state index in [1.807, 2.05) is 26.0 Å². The molecule has 0 amide bonds. The predicted octanol–water partition coefficient (Wildman–Crippen LogP) is 3.60. The van der Waals surface area contributed by atoms with Crippen molar-refractivity contribution in [3.8, 4) is 5.75 Å². The van der Waals surface area contributed by atoms with Gasteiger partial charge in [0.15, 0.2) is 0 Å². The smallest absolute Gasteiger partial charge is 0.138 e. The third-order valence-electron chi connectivity index (χ3n) is 2.59. The number of aromatic nitrogens is 1. The lowest BCUT2D eigenvalue weighted by atomic mass is 10.0. The Labute approximate surface area is 117 Å². The predicted molar refractivity (Wildman–Crippen MR) is 75.5 cm³/mol. The highest BCUT2D eigenvalue weighted by atomic mass is 35.5. The number of aliphatic hydroxyl groups excluding tert-OH is 1. The van der Waals surface area contributed by atoms with E-state index in [0.29, 0.717) is 16.3 Å². The van der Waals surface area contributed by atoms with Gasteiger partial charge < -0.3 is 9.84 Å². The second-order valence-electron chi connectivity index (χ2n) is 4.58. The summed E-state index contributed by atoms with van der Waals surface area (Å²) in [5, 5.41) is 10.9. The lowest BCUT2D eigenvalue weighted by Gasteiger charge is -2.14. The highest BCUT2D eigenvalue weighted by Gasteiger charge is 2.12. The van der Waals surface area contributed by atoms with E-state index in [1.54, 1.807) is 30.6 Å². The van der Waals surface area contributed by atoms with Crippen LogP contribution in [0.3, 0.4) is 0 Å². The zero-order chi connectivity index (χ0) is 13.8. The molecule has 19 heavy (non-hydrogen) atoms. The Morgan fingerprint density at radius 3 is 2.63 bits per heavy atom. The summed E-state index contributed by atoms with van der Waals surface area (Å²) in [5.41, 5.74) is 1.41. The average molecular weight is 278 g/mol. The van der Waals surface area contributed by atoms with Gasteiger partial charge in [-0.05, 0) is 37.6 Å². The Morgan fingerprint density at radius 2 is 1.95 bits per heavy atom. The van der Waals surface area contributed by atoms with Crippen molar-refractivity contribution in [1.29, 1.82) is 0 Å². The molecule has 1 heterocycles. The maximum atomic E-state index is 10.3. The lowest BCUT2D eigenvalue weighted by molar-refractivity contribution is 0.215. The SMILES string of the molecule is CC(C)Oc1cncc(C(O)c2cccc(Cl)c2)c1. The molecule has 0 aliphatic carbocycles. The first-order valence-electron chi connectivity index (χ1n) is 6.11. The minimum Gasteiger partial charge on any atom is -0.489 e. The van der Waals surface area contributed by atoms with Gasteiger partial charge in [0.1, 0.15) is 11.9 Å². The van der Waals surface area contributed by atoms with Gasteiger partial charge in [-0.2, -0.15) is 0 Å². The van der Waals surface area contributed by atoms with Crippen molar-refractivity contribution >= 4 is 11.6 Å². The van der Waals surface area contributed by atoms with Crippen molar-refractivity contribution in [2.24, 2.45) is 0 Å². The molecule has 0 bridgehead atoms. The summed E-state index contributed by atoms with van der Waals surface area (Å²) in [6.07, 6.45) is 2.56. The number of hydrogen-bond donors (Lipinski definition) is 1. The molecule has 0 spiro atoms. The first-order chi connectivity index (χ1) is 9.06. The van der Waals surface area contributed by atoms with Crippen LogP contribution in [0.25, 0.3) is 0 Å². The van der Waals surface area contributed by atoms with Crippen LogP contribution in [0.5, 0.6) is 5.75 Å². The van der Waals surface area contributed by atoms with Crippen LogP contribution in [0.2, 0.25) is 5.02 Å². The quantitative estimate of drug-likeness (QED) is 0.928. The van der Waals surface area contributed by atoms with Crippen molar-refractivity contribution in [2.45, 2.75) is 26.1 Å². The molecular formula is C15H16ClNO2. The number of pyridine rings is 1. The van der Waals surface area contributed by atoms with E-state index in [2.05, 4.69) is 4.98 Å². The van der Waals surface area contributed by atoms with Gasteiger partial charge in [-0.1, -0.05) is 23.7 Å². The molecule has 1 aromatic carbocycles. The molecule has 100 valence electrons. The summed E-state index contributed by atoms with van der Waals surface area (Å²) in [5.74, 6) is 0.647. The fourth-order valence-electron chi connectivity index (χ4n) is 1.79. The van der Waals surface area contributed by atoms with Crippen LogP contribution >= 0.6 is 11.6 Å². The van der Waals surface area contributed by atoms with Gasteiger partial charge in [0, 0.05) is 16.8 Å². The summed E-state index contributed by atoms with van der Waals surface area (Å²) in [6.45, 7) is 3.89. The molecule has 1 atom stereocenters. The van der Waals surface area contributed by atoms with Crippen molar-refractivity contribution in [3.05, 3.63) is 58.9 Å². The fourth-order valence-corrected chi connectivity index (χ4v) is 1.99. The standard InChI is InChI=1S/C15H16ClNO2/c1-10(2)19-14-7-12(8-17-9-14)15(18)11-4-3-5-13(16)6-11/h3-10,15,18H,1-2H3. The third kappa shape index (κ3) is 3.69. The molecule has 2 rings (SSSR count). The van der Waals surface area contributed by atoms with E-state index in [1.165, 1.54) is 0 Å². The minimum absolute atomic E-state index is 0.0698. The Balaban J connectivity index is 2.26. The fraction of sp³-hybridized carbons (Fsp3) is 0.267. The van der Waals surface area contributed by atoms with Crippen molar-refractivity contribution in [2.75, 3.05) is 0 Å². The van der Waals surface area contributed by atoms with Crippen LogP contribution < -0.4 is 4.74 Å². The van der Waals surface area contributed by atoms with Gasteiger partial charge >= 0.3 is 0 Å². The first-order valence-corrected chi connectivity index (χ1v) is 6.49. The molecule has 2 aromatic rings. The molecule has 3 nitrogen and oxygen atoms in total. The Hall–Kier alpha value is -1.58. The number of ether oxygens (including phenoxy) is 1. The largest absolute Gasteiger partial charge is 0.489 e. The Kier molecular flexibility index (Phi) is 4.40. The second-order valence-corrected chi connectivity index (χ2v) is 5.01. The maximum absolute atomic E-state index is 10.3. The number of nitrogens with zero attached hydrogens (tertiary/aromatic N) is 1. The van der Waals surface area contributed by atoms with Gasteiger partial charge in [-0.15, -0.1) is 0 Å². The lowest BCUT2D eigenvalue weighted by Crippen LogP contribution is -2.07. The van der Waals surface area contributed by atoms with E-state index in [0.717, 1.165) is 5.56 Å².